The Kier molecular flexibility index (Phi) is 5.66. The molecule has 88 valence electrons. The van der Waals surface area contributed by atoms with E-state index in [1.165, 1.54) is 11.8 Å². The van der Waals surface area contributed by atoms with Crippen molar-refractivity contribution in [2.24, 2.45) is 5.73 Å². The van der Waals surface area contributed by atoms with Gasteiger partial charge in [0.1, 0.15) is 5.69 Å². The van der Waals surface area contributed by atoms with Crippen LogP contribution in [-0.2, 0) is 4.79 Å². The summed E-state index contributed by atoms with van der Waals surface area (Å²) in [6.07, 6.45) is 2.51. The Balaban J connectivity index is 2.21. The molecule has 2 amide bonds. The number of carbonyl (C=O) groups excluding carboxylic acids is 2. The number of nitrogens with two attached hydrogens (primary N) is 1. The summed E-state index contributed by atoms with van der Waals surface area (Å²) in [6, 6.07) is 3.32. The van der Waals surface area contributed by atoms with E-state index in [9.17, 15) is 9.59 Å². The van der Waals surface area contributed by atoms with Crippen LogP contribution in [0, 0.1) is 0 Å². The molecule has 0 radical (unpaired) electrons. The van der Waals surface area contributed by atoms with E-state index in [-0.39, 0.29) is 11.7 Å². The molecule has 1 heterocycles. The average molecular weight is 241 g/mol. The third kappa shape index (κ3) is 4.50. The molecular weight excluding hydrogens is 226 g/mol. The molecule has 0 aliphatic carbocycles. The summed E-state index contributed by atoms with van der Waals surface area (Å²) in [5, 5.41) is 2.30. The summed E-state index contributed by atoms with van der Waals surface area (Å²) in [7, 11) is 0. The lowest BCUT2D eigenvalue weighted by Crippen LogP contribution is -2.32. The molecule has 4 N–H and O–H groups in total. The van der Waals surface area contributed by atoms with Crippen LogP contribution in [0.1, 0.15) is 16.9 Å². The van der Waals surface area contributed by atoms with Crippen LogP contribution in [0.15, 0.2) is 18.3 Å². The van der Waals surface area contributed by atoms with Gasteiger partial charge in [0.2, 0.25) is 5.91 Å². The van der Waals surface area contributed by atoms with Gasteiger partial charge in [-0.25, -0.2) is 0 Å². The number of thioether (sulfide) groups is 1. The van der Waals surface area contributed by atoms with Crippen molar-refractivity contribution in [2.75, 3.05) is 18.1 Å². The van der Waals surface area contributed by atoms with Gasteiger partial charge in [0.15, 0.2) is 0 Å². The number of nitrogens with one attached hydrogen (secondary N) is 2. The molecule has 0 saturated carbocycles. The molecule has 1 rings (SSSR count). The van der Waals surface area contributed by atoms with Crippen LogP contribution in [0.5, 0.6) is 0 Å². The first-order valence-electron chi connectivity index (χ1n) is 4.99. The zero-order valence-corrected chi connectivity index (χ0v) is 9.68. The van der Waals surface area contributed by atoms with Crippen molar-refractivity contribution in [1.29, 1.82) is 0 Å². The first-order chi connectivity index (χ1) is 7.74. The fourth-order valence-electron chi connectivity index (χ4n) is 1.05. The van der Waals surface area contributed by atoms with Crippen LogP contribution in [0.25, 0.3) is 0 Å². The third-order valence-electron chi connectivity index (χ3n) is 1.82. The smallest absolute Gasteiger partial charge is 0.274 e. The summed E-state index contributed by atoms with van der Waals surface area (Å²) < 4.78 is 0. The Labute approximate surface area is 98.2 Å². The second-order valence-electron chi connectivity index (χ2n) is 3.16. The lowest BCUT2D eigenvalue weighted by Gasteiger charge is -2.02. The maximum Gasteiger partial charge on any atom is 0.274 e. The molecule has 0 aromatic carbocycles. The van der Waals surface area contributed by atoms with Crippen molar-refractivity contribution in [3.05, 3.63) is 24.0 Å². The molecule has 5 nitrogen and oxygen atoms in total. The van der Waals surface area contributed by atoms with Crippen LogP contribution in [0.2, 0.25) is 0 Å². The highest BCUT2D eigenvalue weighted by Gasteiger charge is 2.10. The van der Waals surface area contributed by atoms with Gasteiger partial charge in [-0.05, 0) is 30.9 Å². The zero-order chi connectivity index (χ0) is 11.8. The molecule has 0 fully saturated rings. The topological polar surface area (TPSA) is 88.0 Å². The second-order valence-corrected chi connectivity index (χ2v) is 4.26. The van der Waals surface area contributed by atoms with E-state index in [4.69, 9.17) is 5.73 Å². The zero-order valence-electron chi connectivity index (χ0n) is 8.86. The highest BCUT2D eigenvalue weighted by atomic mass is 32.2. The van der Waals surface area contributed by atoms with Crippen molar-refractivity contribution in [3.8, 4) is 0 Å². The number of amides is 2. The molecule has 1 aromatic rings. The Morgan fingerprint density at radius 3 is 2.94 bits per heavy atom. The van der Waals surface area contributed by atoms with Crippen molar-refractivity contribution < 1.29 is 9.59 Å². The molecule has 16 heavy (non-hydrogen) atoms. The normalized spacial score (nSPS) is 10.1. The van der Waals surface area contributed by atoms with E-state index in [0.717, 1.165) is 12.2 Å². The minimum Gasteiger partial charge on any atom is -0.357 e. The number of H-pyrrole nitrogens is 1. The first kappa shape index (κ1) is 12.8. The van der Waals surface area contributed by atoms with Gasteiger partial charge >= 0.3 is 0 Å². The van der Waals surface area contributed by atoms with Crippen molar-refractivity contribution in [3.63, 3.8) is 0 Å². The predicted octanol–water partition coefficient (Wildman–Crippen LogP) is 0.353. The van der Waals surface area contributed by atoms with E-state index in [1.54, 1.807) is 18.3 Å². The van der Waals surface area contributed by atoms with Crippen LogP contribution in [-0.4, -0.2) is 34.8 Å². The average Bonchev–Trinajstić information content (AvgIpc) is 2.77. The van der Waals surface area contributed by atoms with Gasteiger partial charge in [-0.15, -0.1) is 0 Å². The first-order valence-corrected chi connectivity index (χ1v) is 6.15. The van der Waals surface area contributed by atoms with E-state index in [2.05, 4.69) is 10.3 Å². The molecule has 0 saturated heterocycles. The number of imide groups is 1. The van der Waals surface area contributed by atoms with Crippen LogP contribution in [0.3, 0.4) is 0 Å². The SMILES string of the molecule is NCCCSCC(=O)NC(=O)c1ccc[nH]1. The molecule has 0 aliphatic rings. The fourth-order valence-corrected chi connectivity index (χ4v) is 1.82. The van der Waals surface area contributed by atoms with Gasteiger partial charge in [-0.1, -0.05) is 0 Å². The number of hydrogen-bond donors (Lipinski definition) is 3. The third-order valence-corrected chi connectivity index (χ3v) is 2.87. The molecule has 0 aliphatic heterocycles. The summed E-state index contributed by atoms with van der Waals surface area (Å²) >= 11 is 1.47. The Hall–Kier alpha value is -1.27. The largest absolute Gasteiger partial charge is 0.357 e. The number of aromatic nitrogens is 1. The van der Waals surface area contributed by atoms with Crippen molar-refractivity contribution in [2.45, 2.75) is 6.42 Å². The molecule has 0 bridgehead atoms. The summed E-state index contributed by atoms with van der Waals surface area (Å²) in [5.41, 5.74) is 5.71. The van der Waals surface area contributed by atoms with Gasteiger partial charge in [-0.2, -0.15) is 11.8 Å². The van der Waals surface area contributed by atoms with Gasteiger partial charge in [0, 0.05) is 6.20 Å². The molecule has 6 heteroatoms. The monoisotopic (exact) mass is 241 g/mol. The van der Waals surface area contributed by atoms with Crippen LogP contribution < -0.4 is 11.1 Å². The van der Waals surface area contributed by atoms with Gasteiger partial charge in [0.25, 0.3) is 5.91 Å². The number of carbonyl (C=O) groups is 2. The highest BCUT2D eigenvalue weighted by Crippen LogP contribution is 2.01. The standard InChI is InChI=1S/C10H15N3O2S/c11-4-2-6-16-7-9(14)13-10(15)8-3-1-5-12-8/h1,3,5,12H,2,4,6-7,11H2,(H,13,14,15). The van der Waals surface area contributed by atoms with E-state index < -0.39 is 5.91 Å². The quantitative estimate of drug-likeness (QED) is 0.627. The number of rotatable bonds is 6. The van der Waals surface area contributed by atoms with E-state index >= 15 is 0 Å². The minimum atomic E-state index is -0.394. The van der Waals surface area contributed by atoms with Crippen LogP contribution >= 0.6 is 11.8 Å². The van der Waals surface area contributed by atoms with Gasteiger partial charge in [-0.3, -0.25) is 14.9 Å². The van der Waals surface area contributed by atoms with E-state index in [0.29, 0.717) is 12.2 Å². The molecule has 0 spiro atoms. The summed E-state index contributed by atoms with van der Waals surface area (Å²) in [4.78, 5) is 25.5. The van der Waals surface area contributed by atoms with Crippen LogP contribution in [0.4, 0.5) is 0 Å². The lowest BCUT2D eigenvalue weighted by molar-refractivity contribution is -0.117. The Morgan fingerprint density at radius 2 is 2.31 bits per heavy atom. The maximum absolute atomic E-state index is 11.4. The number of hydrogen-bond acceptors (Lipinski definition) is 4. The maximum atomic E-state index is 11.4. The van der Waals surface area contributed by atoms with Gasteiger partial charge in [0.05, 0.1) is 5.75 Å². The molecular formula is C10H15N3O2S. The predicted molar refractivity (Wildman–Crippen MR) is 64.3 cm³/mol. The van der Waals surface area contributed by atoms with Gasteiger partial charge < -0.3 is 10.7 Å². The molecule has 0 unspecified atom stereocenters. The minimum absolute atomic E-state index is 0.276. The Morgan fingerprint density at radius 1 is 1.50 bits per heavy atom. The summed E-state index contributed by atoms with van der Waals surface area (Å²) in [6.45, 7) is 0.621. The molecule has 0 atom stereocenters. The molecule has 1 aromatic heterocycles. The lowest BCUT2D eigenvalue weighted by atomic mass is 10.4. The summed E-state index contributed by atoms with van der Waals surface area (Å²) in [5.74, 6) is 0.448. The Bertz CT molecular complexity index is 338. The fraction of sp³-hybridized carbons (Fsp3) is 0.400. The highest BCUT2D eigenvalue weighted by molar-refractivity contribution is 7.99. The number of aromatic amines is 1. The second kappa shape index (κ2) is 7.08. The van der Waals surface area contributed by atoms with Crippen molar-refractivity contribution >= 4 is 23.6 Å². The van der Waals surface area contributed by atoms with Crippen molar-refractivity contribution in [1.82, 2.24) is 10.3 Å². The van der Waals surface area contributed by atoms with E-state index in [1.807, 2.05) is 0 Å².